The smallest absolute Gasteiger partial charge is 0.261 e. The van der Waals surface area contributed by atoms with Gasteiger partial charge >= 0.3 is 11.8 Å². The summed E-state index contributed by atoms with van der Waals surface area (Å²) in [6, 6.07) is 0. The second kappa shape index (κ2) is 1.85. The number of hydrogen-bond donors (Lipinski definition) is 0. The Morgan fingerprint density at radius 2 is 2.11 bits per heavy atom. The molecule has 0 unspecified atom stereocenters. The first-order valence-corrected chi connectivity index (χ1v) is 2.27. The fraction of sp³-hybridized carbons (Fsp3) is 0.250. The predicted octanol–water partition coefficient (Wildman–Crippen LogP) is -1.47. The Balaban J connectivity index is 2.77. The highest BCUT2D eigenvalue weighted by molar-refractivity contribution is 6.37. The lowest BCUT2D eigenvalue weighted by Gasteiger charge is -2.11. The quantitative estimate of drug-likeness (QED) is 0.372. The van der Waals surface area contributed by atoms with Gasteiger partial charge in [-0.2, -0.15) is 4.99 Å². The molecule has 0 saturated carbocycles. The molecule has 0 spiro atoms. The molecule has 0 bridgehead atoms. The lowest BCUT2D eigenvalue weighted by molar-refractivity contribution is -0.140. The van der Waals surface area contributed by atoms with Crippen LogP contribution in [0.5, 0.6) is 0 Å². The van der Waals surface area contributed by atoms with E-state index in [0.717, 1.165) is 0 Å². The molecule has 0 aromatic carbocycles. The third-order valence-corrected chi connectivity index (χ3v) is 0.774. The SMILES string of the molecule is CN1C=NC(=O)C(=O)[N]1. The van der Waals surface area contributed by atoms with Crippen molar-refractivity contribution in [1.82, 2.24) is 10.4 Å². The molecule has 9 heavy (non-hydrogen) atoms. The monoisotopic (exact) mass is 126 g/mol. The Kier molecular flexibility index (Phi) is 1.18. The number of aliphatic imine (C=N–C) groups is 1. The predicted molar refractivity (Wildman–Crippen MR) is 28.4 cm³/mol. The molecule has 0 atom stereocenters. The maximum Gasteiger partial charge on any atom is 0.354 e. The van der Waals surface area contributed by atoms with E-state index in [-0.39, 0.29) is 0 Å². The second-order valence-electron chi connectivity index (χ2n) is 1.53. The van der Waals surface area contributed by atoms with E-state index in [4.69, 9.17) is 0 Å². The molecule has 0 aliphatic carbocycles. The van der Waals surface area contributed by atoms with Crippen LogP contribution in [0.25, 0.3) is 0 Å². The number of rotatable bonds is 0. The van der Waals surface area contributed by atoms with Gasteiger partial charge in [0.2, 0.25) is 0 Å². The maximum absolute atomic E-state index is 10.3. The Morgan fingerprint density at radius 1 is 1.44 bits per heavy atom. The third-order valence-electron chi connectivity index (χ3n) is 0.774. The minimum Gasteiger partial charge on any atom is -0.261 e. The Hall–Kier alpha value is -1.39. The van der Waals surface area contributed by atoms with Crippen LogP contribution < -0.4 is 5.43 Å². The van der Waals surface area contributed by atoms with E-state index in [1.54, 1.807) is 0 Å². The van der Waals surface area contributed by atoms with E-state index in [1.165, 1.54) is 18.4 Å². The van der Waals surface area contributed by atoms with E-state index in [9.17, 15) is 9.59 Å². The van der Waals surface area contributed by atoms with Crippen molar-refractivity contribution in [3.05, 3.63) is 0 Å². The molecule has 1 heterocycles. The first kappa shape index (κ1) is 5.74. The molecular weight excluding hydrogens is 122 g/mol. The van der Waals surface area contributed by atoms with Gasteiger partial charge in [0, 0.05) is 7.05 Å². The van der Waals surface area contributed by atoms with Crippen molar-refractivity contribution >= 4 is 18.2 Å². The third kappa shape index (κ3) is 1.04. The molecule has 1 aliphatic rings. The largest absolute Gasteiger partial charge is 0.354 e. The minimum absolute atomic E-state index is 0.812. The summed E-state index contributed by atoms with van der Waals surface area (Å²) in [5, 5.41) is 1.18. The van der Waals surface area contributed by atoms with E-state index >= 15 is 0 Å². The maximum atomic E-state index is 10.3. The van der Waals surface area contributed by atoms with Gasteiger partial charge in [0.15, 0.2) is 0 Å². The number of nitrogens with zero attached hydrogens (tertiary/aromatic N) is 3. The van der Waals surface area contributed by atoms with Gasteiger partial charge in [0.1, 0.15) is 6.34 Å². The van der Waals surface area contributed by atoms with Gasteiger partial charge in [-0.05, 0) is 0 Å². The standard InChI is InChI=1S/C4H4N3O2/c1-7-2-5-3(8)4(9)6-7/h2H,1H3. The highest BCUT2D eigenvalue weighted by Gasteiger charge is 2.19. The van der Waals surface area contributed by atoms with Crippen molar-refractivity contribution in [3.63, 3.8) is 0 Å². The fourth-order valence-electron chi connectivity index (χ4n) is 0.403. The number of carbonyl (C=O) groups is 2. The molecule has 47 valence electrons. The lowest BCUT2D eigenvalue weighted by Crippen LogP contribution is -2.39. The molecule has 0 aromatic heterocycles. The summed E-state index contributed by atoms with van der Waals surface area (Å²) in [5.41, 5.74) is 3.26. The van der Waals surface area contributed by atoms with Crippen LogP contribution in [0.4, 0.5) is 0 Å². The van der Waals surface area contributed by atoms with Gasteiger partial charge in [-0.15, -0.1) is 5.43 Å². The highest BCUT2D eigenvalue weighted by Crippen LogP contribution is 1.85. The molecule has 1 aliphatic heterocycles. The summed E-state index contributed by atoms with van der Waals surface area (Å²) in [6.45, 7) is 0. The van der Waals surface area contributed by atoms with Gasteiger partial charge in [-0.3, -0.25) is 14.6 Å². The number of hydrogen-bond acceptors (Lipinski definition) is 3. The van der Waals surface area contributed by atoms with E-state index in [1.807, 2.05) is 0 Å². The molecule has 0 N–H and O–H groups in total. The molecule has 5 nitrogen and oxygen atoms in total. The van der Waals surface area contributed by atoms with Crippen molar-refractivity contribution < 1.29 is 9.59 Å². The fourth-order valence-corrected chi connectivity index (χ4v) is 0.403. The van der Waals surface area contributed by atoms with Crippen molar-refractivity contribution in [1.29, 1.82) is 0 Å². The minimum atomic E-state index is -0.819. The number of amides is 2. The molecule has 5 heteroatoms. The van der Waals surface area contributed by atoms with Gasteiger partial charge in [0.05, 0.1) is 0 Å². The summed E-state index contributed by atoms with van der Waals surface area (Å²) in [7, 11) is 1.52. The summed E-state index contributed by atoms with van der Waals surface area (Å²) in [4.78, 5) is 23.8. The molecule has 1 rings (SSSR count). The highest BCUT2D eigenvalue weighted by atomic mass is 16.2. The summed E-state index contributed by atoms with van der Waals surface area (Å²) in [5.74, 6) is -1.63. The molecule has 0 saturated heterocycles. The van der Waals surface area contributed by atoms with Crippen LogP contribution in [-0.4, -0.2) is 30.2 Å². The Labute approximate surface area is 51.3 Å². The normalized spacial score (nSPS) is 18.1. The molecule has 0 fully saturated rings. The van der Waals surface area contributed by atoms with Crippen molar-refractivity contribution in [2.75, 3.05) is 7.05 Å². The zero-order chi connectivity index (χ0) is 6.85. The molecule has 2 amide bonds. The van der Waals surface area contributed by atoms with E-state index < -0.39 is 11.8 Å². The first-order chi connectivity index (χ1) is 4.20. The topological polar surface area (TPSA) is 63.8 Å². The summed E-state index contributed by atoms with van der Waals surface area (Å²) >= 11 is 0. The zero-order valence-corrected chi connectivity index (χ0v) is 4.74. The number of carbonyl (C=O) groups excluding carboxylic acids is 2. The van der Waals surface area contributed by atoms with E-state index in [2.05, 4.69) is 10.4 Å². The van der Waals surface area contributed by atoms with E-state index in [0.29, 0.717) is 0 Å². The van der Waals surface area contributed by atoms with Gasteiger partial charge in [-0.25, -0.2) is 0 Å². The Bertz CT molecular complexity index is 186. The summed E-state index contributed by atoms with van der Waals surface area (Å²) < 4.78 is 0. The van der Waals surface area contributed by atoms with Gasteiger partial charge in [0.25, 0.3) is 0 Å². The van der Waals surface area contributed by atoms with Crippen LogP contribution in [0.2, 0.25) is 0 Å². The lowest BCUT2D eigenvalue weighted by atomic mass is 10.6. The second-order valence-corrected chi connectivity index (χ2v) is 1.53. The zero-order valence-electron chi connectivity index (χ0n) is 4.74. The average Bonchev–Trinajstić information content (AvgIpc) is 1.80. The van der Waals surface area contributed by atoms with Gasteiger partial charge < -0.3 is 0 Å². The van der Waals surface area contributed by atoms with Gasteiger partial charge in [-0.1, -0.05) is 0 Å². The van der Waals surface area contributed by atoms with Crippen LogP contribution in [-0.2, 0) is 9.59 Å². The Morgan fingerprint density at radius 3 is 2.56 bits per heavy atom. The van der Waals surface area contributed by atoms with Crippen LogP contribution in [0.1, 0.15) is 0 Å². The van der Waals surface area contributed by atoms with Crippen molar-refractivity contribution in [3.8, 4) is 0 Å². The van der Waals surface area contributed by atoms with Crippen LogP contribution in [0, 0.1) is 0 Å². The average molecular weight is 126 g/mol. The van der Waals surface area contributed by atoms with Crippen molar-refractivity contribution in [2.45, 2.75) is 0 Å². The molecular formula is C4H4N3O2. The molecule has 1 radical (unpaired) electrons. The van der Waals surface area contributed by atoms with Crippen LogP contribution in [0.15, 0.2) is 4.99 Å². The van der Waals surface area contributed by atoms with Crippen LogP contribution in [0.3, 0.4) is 0 Å². The first-order valence-electron chi connectivity index (χ1n) is 2.27. The van der Waals surface area contributed by atoms with Crippen LogP contribution >= 0.6 is 0 Å². The van der Waals surface area contributed by atoms with Crippen molar-refractivity contribution in [2.24, 2.45) is 4.99 Å². The summed E-state index contributed by atoms with van der Waals surface area (Å²) in [6.07, 6.45) is 1.18. The molecule has 0 aromatic rings.